The number of hydrogen-bond acceptors (Lipinski definition) is 6. The number of methoxy groups -OCH3 is 1. The Morgan fingerprint density at radius 1 is 1.50 bits per heavy atom. The fraction of sp³-hybridized carbons (Fsp3) is 0.250. The predicted molar refractivity (Wildman–Crippen MR) is 73.0 cm³/mol. The smallest absolute Gasteiger partial charge is 0.313 e. The van der Waals surface area contributed by atoms with Crippen LogP contribution in [0.25, 0.3) is 11.4 Å². The van der Waals surface area contributed by atoms with Crippen molar-refractivity contribution in [2.75, 3.05) is 12.9 Å². The number of hydrogen-bond donors (Lipinski definition) is 2. The summed E-state index contributed by atoms with van der Waals surface area (Å²) in [5, 5.41) is 23.1. The quantitative estimate of drug-likeness (QED) is 0.804. The highest BCUT2D eigenvalue weighted by Crippen LogP contribution is 2.30. The maximum absolute atomic E-state index is 10.6. The summed E-state index contributed by atoms with van der Waals surface area (Å²) < 4.78 is 6.47. The number of thioether (sulfide) groups is 1. The van der Waals surface area contributed by atoms with Gasteiger partial charge in [-0.25, -0.2) is 9.67 Å². The molecule has 20 heavy (non-hydrogen) atoms. The third kappa shape index (κ3) is 3.02. The first-order chi connectivity index (χ1) is 9.51. The molecule has 2 aromatic rings. The first-order valence-electron chi connectivity index (χ1n) is 5.64. The van der Waals surface area contributed by atoms with Crippen LogP contribution in [0.1, 0.15) is 0 Å². The van der Waals surface area contributed by atoms with Crippen LogP contribution in [0.4, 0.5) is 0 Å². The SMILES string of the molecule is COc1ccc(-c2nc(SCC(=O)O)n(C)n2)cc1O. The zero-order chi connectivity index (χ0) is 14.7. The van der Waals surface area contributed by atoms with Gasteiger partial charge in [0.15, 0.2) is 22.5 Å². The first kappa shape index (κ1) is 14.2. The van der Waals surface area contributed by atoms with Crippen molar-refractivity contribution < 1.29 is 19.7 Å². The normalized spacial score (nSPS) is 10.5. The minimum atomic E-state index is -0.915. The Kier molecular flexibility index (Phi) is 4.14. The molecule has 8 heteroatoms. The number of phenolic OH excluding ortho intramolecular Hbond substituents is 1. The summed E-state index contributed by atoms with van der Waals surface area (Å²) in [6.07, 6.45) is 0. The lowest BCUT2D eigenvalue weighted by molar-refractivity contribution is -0.133. The molecule has 0 saturated heterocycles. The second kappa shape index (κ2) is 5.83. The van der Waals surface area contributed by atoms with Gasteiger partial charge >= 0.3 is 5.97 Å². The van der Waals surface area contributed by atoms with Crippen molar-refractivity contribution in [3.05, 3.63) is 18.2 Å². The highest BCUT2D eigenvalue weighted by atomic mass is 32.2. The number of benzene rings is 1. The number of nitrogens with zero attached hydrogens (tertiary/aromatic N) is 3. The Hall–Kier alpha value is -2.22. The van der Waals surface area contributed by atoms with Gasteiger partial charge in [0.05, 0.1) is 12.9 Å². The number of rotatable bonds is 5. The van der Waals surface area contributed by atoms with Crippen LogP contribution < -0.4 is 4.74 Å². The third-order valence-corrected chi connectivity index (χ3v) is 3.49. The van der Waals surface area contributed by atoms with E-state index in [-0.39, 0.29) is 11.5 Å². The summed E-state index contributed by atoms with van der Waals surface area (Å²) in [4.78, 5) is 14.8. The molecule has 0 aliphatic carbocycles. The zero-order valence-corrected chi connectivity index (χ0v) is 11.7. The van der Waals surface area contributed by atoms with E-state index in [0.29, 0.717) is 22.3 Å². The van der Waals surface area contributed by atoms with Crippen molar-refractivity contribution in [2.45, 2.75) is 5.16 Å². The fourth-order valence-electron chi connectivity index (χ4n) is 1.57. The molecular weight excluding hydrogens is 282 g/mol. The molecule has 2 N–H and O–H groups in total. The topological polar surface area (TPSA) is 97.5 Å². The van der Waals surface area contributed by atoms with Crippen molar-refractivity contribution in [2.24, 2.45) is 7.05 Å². The fourth-order valence-corrected chi connectivity index (χ4v) is 2.20. The number of carboxylic acids is 1. The maximum atomic E-state index is 10.6. The lowest BCUT2D eigenvalue weighted by atomic mass is 10.2. The largest absolute Gasteiger partial charge is 0.504 e. The minimum absolute atomic E-state index is 0.00260. The molecule has 0 saturated carbocycles. The van der Waals surface area contributed by atoms with Crippen LogP contribution in [0.3, 0.4) is 0 Å². The zero-order valence-electron chi connectivity index (χ0n) is 10.9. The van der Waals surface area contributed by atoms with Crippen LogP contribution in [-0.2, 0) is 11.8 Å². The Morgan fingerprint density at radius 2 is 2.25 bits per heavy atom. The van der Waals surface area contributed by atoms with Gasteiger partial charge in [0.25, 0.3) is 0 Å². The van der Waals surface area contributed by atoms with Crippen LogP contribution in [0.15, 0.2) is 23.4 Å². The summed E-state index contributed by atoms with van der Waals surface area (Å²) in [5.41, 5.74) is 0.626. The number of aliphatic carboxylic acids is 1. The maximum Gasteiger partial charge on any atom is 0.313 e. The molecule has 0 bridgehead atoms. The molecule has 1 aromatic carbocycles. The molecule has 106 valence electrons. The first-order valence-corrected chi connectivity index (χ1v) is 6.63. The van der Waals surface area contributed by atoms with Gasteiger partial charge in [-0.3, -0.25) is 4.79 Å². The summed E-state index contributed by atoms with van der Waals surface area (Å²) in [7, 11) is 3.15. The standard InChI is InChI=1S/C12H13N3O4S/c1-15-12(20-6-10(17)18)13-11(14-15)7-3-4-9(19-2)8(16)5-7/h3-5,16H,6H2,1-2H3,(H,17,18). The van der Waals surface area contributed by atoms with E-state index in [2.05, 4.69) is 10.1 Å². The van der Waals surface area contributed by atoms with Crippen molar-refractivity contribution in [1.29, 1.82) is 0 Å². The van der Waals surface area contributed by atoms with Crippen LogP contribution in [-0.4, -0.2) is 43.8 Å². The van der Waals surface area contributed by atoms with Gasteiger partial charge < -0.3 is 14.9 Å². The van der Waals surface area contributed by atoms with Gasteiger partial charge in [-0.2, -0.15) is 5.10 Å². The molecule has 0 aliphatic rings. The lowest BCUT2D eigenvalue weighted by Gasteiger charge is -2.03. The van der Waals surface area contributed by atoms with Gasteiger partial charge in [-0.15, -0.1) is 0 Å². The second-order valence-corrected chi connectivity index (χ2v) is 4.85. The van der Waals surface area contributed by atoms with Crippen molar-refractivity contribution >= 4 is 17.7 Å². The van der Waals surface area contributed by atoms with E-state index in [1.54, 1.807) is 19.2 Å². The van der Waals surface area contributed by atoms with Crippen molar-refractivity contribution in [3.8, 4) is 22.9 Å². The second-order valence-electron chi connectivity index (χ2n) is 3.91. The van der Waals surface area contributed by atoms with E-state index in [0.717, 1.165) is 11.8 Å². The third-order valence-electron chi connectivity index (χ3n) is 2.48. The number of aryl methyl sites for hydroxylation is 1. The van der Waals surface area contributed by atoms with E-state index in [4.69, 9.17) is 9.84 Å². The van der Waals surface area contributed by atoms with Crippen LogP contribution >= 0.6 is 11.8 Å². The van der Waals surface area contributed by atoms with Gasteiger partial charge in [-0.05, 0) is 18.2 Å². The van der Waals surface area contributed by atoms with E-state index >= 15 is 0 Å². The number of aromatic nitrogens is 3. The van der Waals surface area contributed by atoms with Gasteiger partial charge in [0.2, 0.25) is 0 Å². The number of phenols is 1. The Bertz CT molecular complexity index is 642. The highest BCUT2D eigenvalue weighted by Gasteiger charge is 2.13. The molecule has 0 atom stereocenters. The Morgan fingerprint density at radius 3 is 2.85 bits per heavy atom. The molecule has 0 unspecified atom stereocenters. The lowest BCUT2D eigenvalue weighted by Crippen LogP contribution is -2.00. The van der Waals surface area contributed by atoms with E-state index in [1.807, 2.05) is 0 Å². The molecule has 1 aromatic heterocycles. The summed E-state index contributed by atoms with van der Waals surface area (Å²) in [6.45, 7) is 0. The average molecular weight is 295 g/mol. The summed E-state index contributed by atoms with van der Waals surface area (Å²) in [6, 6.07) is 4.84. The van der Waals surface area contributed by atoms with Crippen molar-refractivity contribution in [3.63, 3.8) is 0 Å². The molecular formula is C12H13N3O4S. The number of ether oxygens (including phenoxy) is 1. The van der Waals surface area contributed by atoms with Crippen LogP contribution in [0, 0.1) is 0 Å². The molecule has 0 spiro atoms. The number of carboxylic acid groups (broad SMARTS) is 1. The molecule has 0 radical (unpaired) electrons. The Labute approximate surface area is 119 Å². The molecule has 2 rings (SSSR count). The Balaban J connectivity index is 2.27. The predicted octanol–water partition coefficient (Wildman–Crippen LogP) is 1.37. The monoisotopic (exact) mass is 295 g/mol. The molecule has 1 heterocycles. The van der Waals surface area contributed by atoms with Crippen LogP contribution in [0.5, 0.6) is 11.5 Å². The van der Waals surface area contributed by atoms with Gasteiger partial charge in [0.1, 0.15) is 0 Å². The molecule has 0 aliphatic heterocycles. The van der Waals surface area contributed by atoms with E-state index in [1.165, 1.54) is 17.9 Å². The molecule has 0 amide bonds. The highest BCUT2D eigenvalue weighted by molar-refractivity contribution is 7.99. The molecule has 0 fully saturated rings. The van der Waals surface area contributed by atoms with Crippen molar-refractivity contribution in [1.82, 2.24) is 14.8 Å². The average Bonchev–Trinajstić information content (AvgIpc) is 2.77. The van der Waals surface area contributed by atoms with Gasteiger partial charge in [0, 0.05) is 12.6 Å². The van der Waals surface area contributed by atoms with Gasteiger partial charge in [-0.1, -0.05) is 11.8 Å². The number of carbonyl (C=O) groups is 1. The van der Waals surface area contributed by atoms with E-state index in [9.17, 15) is 9.90 Å². The van der Waals surface area contributed by atoms with Crippen LogP contribution in [0.2, 0.25) is 0 Å². The number of aromatic hydroxyl groups is 1. The summed E-state index contributed by atoms with van der Waals surface area (Å²) >= 11 is 1.09. The minimum Gasteiger partial charge on any atom is -0.504 e. The van der Waals surface area contributed by atoms with E-state index < -0.39 is 5.97 Å². The summed E-state index contributed by atoms with van der Waals surface area (Å²) in [5.74, 6) is -0.220. The molecule has 7 nitrogen and oxygen atoms in total.